The van der Waals surface area contributed by atoms with Crippen LogP contribution in [0.1, 0.15) is 63.8 Å². The van der Waals surface area contributed by atoms with Crippen LogP contribution >= 0.6 is 27.3 Å². The highest BCUT2D eigenvalue weighted by Crippen LogP contribution is 2.35. The molecule has 0 saturated carbocycles. The second-order valence-electron chi connectivity index (χ2n) is 6.54. The van der Waals surface area contributed by atoms with Gasteiger partial charge >= 0.3 is 11.9 Å². The van der Waals surface area contributed by atoms with Crippen LogP contribution in [0.5, 0.6) is 0 Å². The number of carbonyl (C=O) groups is 3. The molecule has 27 heavy (non-hydrogen) atoms. The van der Waals surface area contributed by atoms with Crippen molar-refractivity contribution >= 4 is 50.1 Å². The number of hydrogen-bond donors (Lipinski definition) is 1. The van der Waals surface area contributed by atoms with E-state index in [0.717, 1.165) is 11.3 Å². The average molecular weight is 458 g/mol. The van der Waals surface area contributed by atoms with E-state index >= 15 is 0 Å². The van der Waals surface area contributed by atoms with E-state index in [2.05, 4.69) is 21.2 Å². The van der Waals surface area contributed by atoms with Crippen LogP contribution in [0.2, 0.25) is 0 Å². The molecule has 7 nitrogen and oxygen atoms in total. The standard InChI is InChI=1S/C18H20BrNO6S/c1-6-24-16(22)12-9(2)13(17(23)26-18(3,4)5)27-15(12)20-14(21)10-7-8-11(19)25-10/h7-8H,6H2,1-5H3,(H,20,21). The number of furan rings is 1. The summed E-state index contributed by atoms with van der Waals surface area (Å²) >= 11 is 4.09. The molecule has 2 heterocycles. The maximum atomic E-state index is 12.5. The predicted octanol–water partition coefficient (Wildman–Crippen LogP) is 4.80. The lowest BCUT2D eigenvalue weighted by molar-refractivity contribution is 0.00744. The molecular formula is C18H20BrNO6S. The Labute approximate surface area is 169 Å². The number of nitrogens with one attached hydrogen (secondary N) is 1. The molecule has 146 valence electrons. The van der Waals surface area contributed by atoms with Crippen LogP contribution in [0.15, 0.2) is 21.2 Å². The second kappa shape index (κ2) is 8.26. The summed E-state index contributed by atoms with van der Waals surface area (Å²) in [6.45, 7) is 8.69. The van der Waals surface area contributed by atoms with Crippen LogP contribution in [-0.2, 0) is 9.47 Å². The van der Waals surface area contributed by atoms with Crippen LogP contribution in [0.4, 0.5) is 5.00 Å². The fourth-order valence-electron chi connectivity index (χ4n) is 2.17. The minimum atomic E-state index is -0.693. The molecule has 0 aliphatic rings. The van der Waals surface area contributed by atoms with Gasteiger partial charge in [-0.25, -0.2) is 9.59 Å². The quantitative estimate of drug-likeness (QED) is 0.647. The lowest BCUT2D eigenvalue weighted by atomic mass is 10.1. The van der Waals surface area contributed by atoms with Gasteiger partial charge < -0.3 is 19.2 Å². The first-order chi connectivity index (χ1) is 12.5. The van der Waals surface area contributed by atoms with Crippen LogP contribution < -0.4 is 5.32 Å². The van der Waals surface area contributed by atoms with Gasteiger partial charge in [0.15, 0.2) is 10.4 Å². The Bertz CT molecular complexity index is 877. The Morgan fingerprint density at radius 2 is 1.89 bits per heavy atom. The maximum Gasteiger partial charge on any atom is 0.349 e. The van der Waals surface area contributed by atoms with Gasteiger partial charge in [-0.2, -0.15) is 0 Å². The first kappa shape index (κ1) is 21.2. The van der Waals surface area contributed by atoms with Crippen LogP contribution in [0.25, 0.3) is 0 Å². The molecule has 0 unspecified atom stereocenters. The smallest absolute Gasteiger partial charge is 0.349 e. The molecule has 1 amide bonds. The van der Waals surface area contributed by atoms with Crippen molar-refractivity contribution in [2.75, 3.05) is 11.9 Å². The summed E-state index contributed by atoms with van der Waals surface area (Å²) < 4.78 is 16.1. The molecule has 2 aromatic heterocycles. The number of thiophene rings is 1. The van der Waals surface area contributed by atoms with Crippen molar-refractivity contribution in [2.24, 2.45) is 0 Å². The van der Waals surface area contributed by atoms with Crippen molar-refractivity contribution in [3.05, 3.63) is 38.6 Å². The van der Waals surface area contributed by atoms with Gasteiger partial charge in [0, 0.05) is 0 Å². The van der Waals surface area contributed by atoms with E-state index in [1.54, 1.807) is 40.7 Å². The number of halogens is 1. The highest BCUT2D eigenvalue weighted by molar-refractivity contribution is 9.10. The number of amides is 1. The lowest BCUT2D eigenvalue weighted by Crippen LogP contribution is -2.23. The minimum absolute atomic E-state index is 0.0570. The molecule has 0 saturated heterocycles. The zero-order valence-corrected chi connectivity index (χ0v) is 18.0. The summed E-state index contributed by atoms with van der Waals surface area (Å²) in [6.07, 6.45) is 0. The summed E-state index contributed by atoms with van der Waals surface area (Å²) in [7, 11) is 0. The van der Waals surface area contributed by atoms with Gasteiger partial charge in [0.25, 0.3) is 5.91 Å². The number of rotatable bonds is 5. The monoisotopic (exact) mass is 457 g/mol. The molecule has 0 aliphatic carbocycles. The van der Waals surface area contributed by atoms with E-state index in [0.29, 0.717) is 10.2 Å². The Morgan fingerprint density at radius 3 is 2.41 bits per heavy atom. The minimum Gasteiger partial charge on any atom is -0.462 e. The van der Waals surface area contributed by atoms with E-state index in [4.69, 9.17) is 13.9 Å². The molecule has 0 aliphatic heterocycles. The molecule has 0 atom stereocenters. The molecule has 2 aromatic rings. The fourth-order valence-corrected chi connectivity index (χ4v) is 3.54. The van der Waals surface area contributed by atoms with Crippen LogP contribution in [0, 0.1) is 6.92 Å². The van der Waals surface area contributed by atoms with Gasteiger partial charge in [-0.15, -0.1) is 11.3 Å². The molecule has 0 aromatic carbocycles. The highest BCUT2D eigenvalue weighted by Gasteiger charge is 2.29. The first-order valence-corrected chi connectivity index (χ1v) is 9.75. The Morgan fingerprint density at radius 1 is 1.22 bits per heavy atom. The second-order valence-corrected chi connectivity index (χ2v) is 8.34. The van der Waals surface area contributed by atoms with E-state index in [1.807, 2.05) is 0 Å². The topological polar surface area (TPSA) is 94.8 Å². The molecule has 0 bridgehead atoms. The van der Waals surface area contributed by atoms with Crippen LogP contribution in [-0.4, -0.2) is 30.1 Å². The fraction of sp³-hybridized carbons (Fsp3) is 0.389. The van der Waals surface area contributed by atoms with Gasteiger partial charge in [0.05, 0.1) is 12.2 Å². The van der Waals surface area contributed by atoms with E-state index < -0.39 is 23.4 Å². The summed E-state index contributed by atoms with van der Waals surface area (Å²) in [6, 6.07) is 3.06. The number of carbonyl (C=O) groups excluding carboxylic acids is 3. The molecule has 0 fully saturated rings. The SMILES string of the molecule is CCOC(=O)c1c(NC(=O)c2ccc(Br)o2)sc(C(=O)OC(C)(C)C)c1C. The number of hydrogen-bond acceptors (Lipinski definition) is 7. The number of esters is 2. The van der Waals surface area contributed by atoms with E-state index in [-0.39, 0.29) is 27.8 Å². The predicted molar refractivity (Wildman–Crippen MR) is 105 cm³/mol. The Hall–Kier alpha value is -2.13. The molecular weight excluding hydrogens is 438 g/mol. The first-order valence-electron chi connectivity index (χ1n) is 8.14. The number of ether oxygens (including phenoxy) is 2. The van der Waals surface area contributed by atoms with Gasteiger partial charge in [-0.1, -0.05) is 0 Å². The lowest BCUT2D eigenvalue weighted by Gasteiger charge is -2.19. The van der Waals surface area contributed by atoms with Crippen molar-refractivity contribution in [1.29, 1.82) is 0 Å². The molecule has 0 radical (unpaired) electrons. The Balaban J connectivity index is 2.42. The molecule has 1 N–H and O–H groups in total. The van der Waals surface area contributed by atoms with Crippen LogP contribution in [0.3, 0.4) is 0 Å². The zero-order valence-electron chi connectivity index (χ0n) is 15.6. The normalized spacial score (nSPS) is 11.2. The third-order valence-electron chi connectivity index (χ3n) is 3.23. The number of anilines is 1. The molecule has 9 heteroatoms. The van der Waals surface area contributed by atoms with Gasteiger partial charge in [-0.3, -0.25) is 4.79 Å². The third kappa shape index (κ3) is 5.20. The van der Waals surface area contributed by atoms with Gasteiger partial charge in [0.1, 0.15) is 15.5 Å². The summed E-state index contributed by atoms with van der Waals surface area (Å²) in [5, 5.41) is 2.81. The zero-order chi connectivity index (χ0) is 20.4. The van der Waals surface area contributed by atoms with Crippen molar-refractivity contribution < 1.29 is 28.3 Å². The van der Waals surface area contributed by atoms with Crippen molar-refractivity contribution in [2.45, 2.75) is 40.2 Å². The summed E-state index contributed by atoms with van der Waals surface area (Å²) in [5.41, 5.74) is -0.174. The Kier molecular flexibility index (Phi) is 6.48. The third-order valence-corrected chi connectivity index (χ3v) is 4.85. The van der Waals surface area contributed by atoms with E-state index in [9.17, 15) is 14.4 Å². The van der Waals surface area contributed by atoms with Crippen molar-refractivity contribution in [1.82, 2.24) is 0 Å². The molecule has 0 spiro atoms. The van der Waals surface area contributed by atoms with E-state index in [1.165, 1.54) is 6.07 Å². The van der Waals surface area contributed by atoms with Gasteiger partial charge in [0.2, 0.25) is 0 Å². The summed E-state index contributed by atoms with van der Waals surface area (Å²) in [4.78, 5) is 37.5. The summed E-state index contributed by atoms with van der Waals surface area (Å²) in [5.74, 6) is -1.70. The largest absolute Gasteiger partial charge is 0.462 e. The average Bonchev–Trinajstić information content (AvgIpc) is 3.10. The van der Waals surface area contributed by atoms with Crippen molar-refractivity contribution in [3.63, 3.8) is 0 Å². The maximum absolute atomic E-state index is 12.5. The highest BCUT2D eigenvalue weighted by atomic mass is 79.9. The van der Waals surface area contributed by atoms with Gasteiger partial charge in [-0.05, 0) is 68.2 Å². The molecule has 2 rings (SSSR count). The van der Waals surface area contributed by atoms with Crippen molar-refractivity contribution in [3.8, 4) is 0 Å².